The van der Waals surface area contributed by atoms with Crippen molar-refractivity contribution in [2.45, 2.75) is 50.4 Å². The molecule has 142 valence electrons. The molecule has 1 aromatic rings. The summed E-state index contributed by atoms with van der Waals surface area (Å²) in [4.78, 5) is 13.1. The first-order valence-electron chi connectivity index (χ1n) is 8.44. The van der Waals surface area contributed by atoms with Crippen LogP contribution in [-0.4, -0.2) is 60.5 Å². The standard InChI is InChI=1S/C16H25F3N4O2/c1-20-7-8-23(2)10-12-9-21-22-14(12)11-3-5-13(6-4-11)25-15(24)16(17,18)19/h9,11,13,20H,3-8,10H2,1-2H3,(H,21,22). The number of hydrogen-bond acceptors (Lipinski definition) is 5. The molecular formula is C16H25F3N4O2. The molecule has 1 saturated carbocycles. The van der Waals surface area contributed by atoms with Crippen LogP contribution in [0.4, 0.5) is 13.2 Å². The number of likely N-dealkylation sites (N-methyl/N-ethyl adjacent to an activating group) is 2. The minimum atomic E-state index is -4.93. The van der Waals surface area contributed by atoms with Gasteiger partial charge in [0.2, 0.25) is 0 Å². The van der Waals surface area contributed by atoms with Crippen molar-refractivity contribution in [3.8, 4) is 0 Å². The highest BCUT2D eigenvalue weighted by atomic mass is 19.4. The number of carbonyl (C=O) groups excluding carboxylic acids is 1. The number of aromatic amines is 1. The van der Waals surface area contributed by atoms with Crippen molar-refractivity contribution in [2.75, 3.05) is 27.2 Å². The van der Waals surface area contributed by atoms with Gasteiger partial charge in [-0.3, -0.25) is 5.10 Å². The summed E-state index contributed by atoms with van der Waals surface area (Å²) in [6, 6.07) is 0. The van der Waals surface area contributed by atoms with Gasteiger partial charge in [-0.2, -0.15) is 18.3 Å². The van der Waals surface area contributed by atoms with E-state index < -0.39 is 18.2 Å². The number of rotatable bonds is 7. The second-order valence-electron chi connectivity index (χ2n) is 6.53. The number of nitrogens with zero attached hydrogens (tertiary/aromatic N) is 2. The number of halogens is 3. The van der Waals surface area contributed by atoms with Crippen LogP contribution in [0.2, 0.25) is 0 Å². The van der Waals surface area contributed by atoms with E-state index in [0.29, 0.717) is 25.7 Å². The van der Waals surface area contributed by atoms with Gasteiger partial charge in [0.05, 0.1) is 6.20 Å². The van der Waals surface area contributed by atoms with Crippen molar-refractivity contribution >= 4 is 5.97 Å². The van der Waals surface area contributed by atoms with Gasteiger partial charge in [0.1, 0.15) is 6.10 Å². The molecule has 0 aliphatic heterocycles. The van der Waals surface area contributed by atoms with E-state index in [2.05, 4.69) is 25.2 Å². The van der Waals surface area contributed by atoms with E-state index in [9.17, 15) is 18.0 Å². The zero-order valence-electron chi connectivity index (χ0n) is 14.5. The maximum Gasteiger partial charge on any atom is 0.490 e. The SMILES string of the molecule is CNCCN(C)Cc1cn[nH]c1C1CCC(OC(=O)C(F)(F)F)CC1. The van der Waals surface area contributed by atoms with E-state index in [1.54, 1.807) is 6.20 Å². The molecule has 2 rings (SSSR count). The average Bonchev–Trinajstić information content (AvgIpc) is 3.00. The van der Waals surface area contributed by atoms with Crippen LogP contribution in [0.25, 0.3) is 0 Å². The van der Waals surface area contributed by atoms with Crippen LogP contribution in [0.5, 0.6) is 0 Å². The molecule has 0 atom stereocenters. The summed E-state index contributed by atoms with van der Waals surface area (Å²) in [5, 5.41) is 10.3. The Labute approximate surface area is 145 Å². The zero-order chi connectivity index (χ0) is 18.4. The number of H-pyrrole nitrogens is 1. The summed E-state index contributed by atoms with van der Waals surface area (Å²) in [6.45, 7) is 2.55. The molecule has 1 aliphatic carbocycles. The topological polar surface area (TPSA) is 70.2 Å². The zero-order valence-corrected chi connectivity index (χ0v) is 14.5. The molecule has 1 heterocycles. The second kappa shape index (κ2) is 8.66. The Hall–Kier alpha value is -1.61. The van der Waals surface area contributed by atoms with Crippen molar-refractivity contribution in [1.82, 2.24) is 20.4 Å². The number of aromatic nitrogens is 2. The van der Waals surface area contributed by atoms with Gasteiger partial charge in [0.25, 0.3) is 0 Å². The average molecular weight is 362 g/mol. The molecule has 9 heteroatoms. The van der Waals surface area contributed by atoms with Crippen LogP contribution < -0.4 is 5.32 Å². The highest BCUT2D eigenvalue weighted by Crippen LogP contribution is 2.35. The predicted molar refractivity (Wildman–Crippen MR) is 86.0 cm³/mol. The molecule has 25 heavy (non-hydrogen) atoms. The monoisotopic (exact) mass is 362 g/mol. The van der Waals surface area contributed by atoms with Crippen molar-refractivity contribution in [3.63, 3.8) is 0 Å². The lowest BCUT2D eigenvalue weighted by atomic mass is 9.84. The molecule has 0 spiro atoms. The molecular weight excluding hydrogens is 337 g/mol. The summed E-state index contributed by atoms with van der Waals surface area (Å²) in [7, 11) is 3.93. The summed E-state index contributed by atoms with van der Waals surface area (Å²) >= 11 is 0. The van der Waals surface area contributed by atoms with Gasteiger partial charge in [-0.1, -0.05) is 0 Å². The molecule has 0 radical (unpaired) electrons. The maximum absolute atomic E-state index is 12.3. The third-order valence-corrected chi connectivity index (χ3v) is 4.52. The van der Waals surface area contributed by atoms with Gasteiger partial charge in [-0.25, -0.2) is 4.79 Å². The first kappa shape index (κ1) is 19.7. The van der Waals surface area contributed by atoms with Crippen LogP contribution in [0, 0.1) is 0 Å². The van der Waals surface area contributed by atoms with Gasteiger partial charge >= 0.3 is 12.1 Å². The maximum atomic E-state index is 12.3. The number of esters is 1. The third-order valence-electron chi connectivity index (χ3n) is 4.52. The molecule has 0 amide bonds. The van der Waals surface area contributed by atoms with E-state index in [4.69, 9.17) is 0 Å². The fourth-order valence-electron chi connectivity index (χ4n) is 3.16. The Bertz CT molecular complexity index is 554. The van der Waals surface area contributed by atoms with E-state index in [-0.39, 0.29) is 5.92 Å². The normalized spacial score (nSPS) is 21.5. The van der Waals surface area contributed by atoms with Gasteiger partial charge in [0.15, 0.2) is 0 Å². The van der Waals surface area contributed by atoms with Gasteiger partial charge < -0.3 is 15.0 Å². The summed E-state index contributed by atoms with van der Waals surface area (Å²) in [6.07, 6.45) is -1.57. The Morgan fingerprint density at radius 1 is 1.40 bits per heavy atom. The van der Waals surface area contributed by atoms with Gasteiger partial charge in [-0.05, 0) is 39.8 Å². The van der Waals surface area contributed by atoms with Crippen LogP contribution in [0.3, 0.4) is 0 Å². The lowest BCUT2D eigenvalue weighted by Gasteiger charge is -2.29. The Morgan fingerprint density at radius 2 is 2.08 bits per heavy atom. The Kier molecular flexibility index (Phi) is 6.83. The van der Waals surface area contributed by atoms with E-state index in [1.165, 1.54) is 0 Å². The van der Waals surface area contributed by atoms with Gasteiger partial charge in [-0.15, -0.1) is 0 Å². The van der Waals surface area contributed by atoms with E-state index >= 15 is 0 Å². The molecule has 0 unspecified atom stereocenters. The number of alkyl halides is 3. The molecule has 0 aromatic carbocycles. The Balaban J connectivity index is 1.87. The summed E-state index contributed by atoms with van der Waals surface area (Å²) in [5.41, 5.74) is 2.14. The van der Waals surface area contributed by atoms with Crippen molar-refractivity contribution in [2.24, 2.45) is 0 Å². The van der Waals surface area contributed by atoms with Crippen LogP contribution >= 0.6 is 0 Å². The quantitative estimate of drug-likeness (QED) is 0.728. The van der Waals surface area contributed by atoms with Crippen LogP contribution in [0.15, 0.2) is 6.20 Å². The lowest BCUT2D eigenvalue weighted by Crippen LogP contribution is -2.32. The molecule has 1 aromatic heterocycles. The highest BCUT2D eigenvalue weighted by Gasteiger charge is 2.42. The van der Waals surface area contributed by atoms with Crippen LogP contribution in [-0.2, 0) is 16.1 Å². The fraction of sp³-hybridized carbons (Fsp3) is 0.750. The van der Waals surface area contributed by atoms with Crippen molar-refractivity contribution in [3.05, 3.63) is 17.5 Å². The largest absolute Gasteiger partial charge is 0.490 e. The van der Waals surface area contributed by atoms with E-state index in [0.717, 1.165) is 30.9 Å². The van der Waals surface area contributed by atoms with Crippen LogP contribution in [0.1, 0.15) is 42.9 Å². The minimum Gasteiger partial charge on any atom is -0.456 e. The summed E-state index contributed by atoms with van der Waals surface area (Å²) < 4.78 is 41.4. The second-order valence-corrected chi connectivity index (χ2v) is 6.53. The number of carbonyl (C=O) groups is 1. The molecule has 1 fully saturated rings. The first-order valence-corrected chi connectivity index (χ1v) is 8.44. The smallest absolute Gasteiger partial charge is 0.456 e. The van der Waals surface area contributed by atoms with Crippen molar-refractivity contribution in [1.29, 1.82) is 0 Å². The van der Waals surface area contributed by atoms with Gasteiger partial charge in [0, 0.05) is 36.8 Å². The molecule has 2 N–H and O–H groups in total. The predicted octanol–water partition coefficient (Wildman–Crippen LogP) is 2.19. The first-order chi connectivity index (χ1) is 11.8. The fourth-order valence-corrected chi connectivity index (χ4v) is 3.16. The highest BCUT2D eigenvalue weighted by molar-refractivity contribution is 5.75. The number of nitrogens with one attached hydrogen (secondary N) is 2. The van der Waals surface area contributed by atoms with Crippen molar-refractivity contribution < 1.29 is 22.7 Å². The molecule has 1 aliphatic rings. The number of hydrogen-bond donors (Lipinski definition) is 2. The third kappa shape index (κ3) is 5.71. The lowest BCUT2D eigenvalue weighted by molar-refractivity contribution is -0.206. The molecule has 0 saturated heterocycles. The molecule has 6 nitrogen and oxygen atoms in total. The number of ether oxygens (including phenoxy) is 1. The summed E-state index contributed by atoms with van der Waals surface area (Å²) in [5.74, 6) is -1.89. The molecule has 0 bridgehead atoms. The van der Waals surface area contributed by atoms with E-state index in [1.807, 2.05) is 14.1 Å². The Morgan fingerprint density at radius 3 is 2.68 bits per heavy atom. The minimum absolute atomic E-state index is 0.205.